The molecule has 0 unspecified atom stereocenters. The fourth-order valence-electron chi connectivity index (χ4n) is 1.95. The molecule has 0 atom stereocenters. The first kappa shape index (κ1) is 17.8. The Morgan fingerprint density at radius 2 is 1.77 bits per heavy atom. The molecule has 0 radical (unpaired) electrons. The summed E-state index contributed by atoms with van der Waals surface area (Å²) in [6, 6.07) is -0.810. The van der Waals surface area contributed by atoms with Crippen molar-refractivity contribution < 1.29 is 19.2 Å². The summed E-state index contributed by atoms with van der Waals surface area (Å²) in [5.41, 5.74) is 5.53. The Hall–Kier alpha value is -2.22. The number of hydrogen-bond donors (Lipinski definition) is 2. The van der Waals surface area contributed by atoms with Crippen LogP contribution in [0.25, 0.3) is 0 Å². The van der Waals surface area contributed by atoms with Crippen LogP contribution in [-0.2, 0) is 14.4 Å². The first-order chi connectivity index (χ1) is 10.3. The number of imide groups is 2. The van der Waals surface area contributed by atoms with Crippen LogP contribution in [0.2, 0.25) is 0 Å². The van der Waals surface area contributed by atoms with Crippen LogP contribution in [0.5, 0.6) is 0 Å². The summed E-state index contributed by atoms with van der Waals surface area (Å²) < 4.78 is 0. The highest BCUT2D eigenvalue weighted by Gasteiger charge is 2.44. The highest BCUT2D eigenvalue weighted by atomic mass is 16.2. The third-order valence-corrected chi connectivity index (χ3v) is 3.79. The van der Waals surface area contributed by atoms with Crippen LogP contribution in [0.4, 0.5) is 4.79 Å². The lowest BCUT2D eigenvalue weighted by molar-refractivity contribution is -0.143. The molecule has 5 amide bonds. The Balaban J connectivity index is 2.65. The molecule has 3 N–H and O–H groups in total. The zero-order valence-electron chi connectivity index (χ0n) is 12.9. The predicted molar refractivity (Wildman–Crippen MR) is 79.5 cm³/mol. The second-order valence-corrected chi connectivity index (χ2v) is 5.22. The van der Waals surface area contributed by atoms with Gasteiger partial charge in [0.2, 0.25) is 5.91 Å². The van der Waals surface area contributed by atoms with E-state index >= 15 is 0 Å². The van der Waals surface area contributed by atoms with Crippen molar-refractivity contribution in [3.63, 3.8) is 0 Å². The molecule has 1 fully saturated rings. The lowest BCUT2D eigenvalue weighted by atomic mass is 9.94. The summed E-state index contributed by atoms with van der Waals surface area (Å²) in [4.78, 5) is 48.5. The van der Waals surface area contributed by atoms with Gasteiger partial charge in [0.05, 0.1) is 0 Å². The van der Waals surface area contributed by atoms with Crippen LogP contribution >= 0.6 is 0 Å². The summed E-state index contributed by atoms with van der Waals surface area (Å²) in [5, 5.41) is 2.59. The van der Waals surface area contributed by atoms with E-state index in [1.165, 1.54) is 6.08 Å². The van der Waals surface area contributed by atoms with Crippen molar-refractivity contribution >= 4 is 23.8 Å². The van der Waals surface area contributed by atoms with Gasteiger partial charge < -0.3 is 11.1 Å². The quantitative estimate of drug-likeness (QED) is 0.360. The number of carbonyl (C=O) groups excluding carboxylic acids is 4. The topological polar surface area (TPSA) is 113 Å². The summed E-state index contributed by atoms with van der Waals surface area (Å²) in [6.45, 7) is 6.90. The molecule has 0 aromatic heterocycles. The van der Waals surface area contributed by atoms with Crippen molar-refractivity contribution in [2.45, 2.75) is 32.2 Å². The van der Waals surface area contributed by atoms with E-state index in [2.05, 4.69) is 11.9 Å². The van der Waals surface area contributed by atoms with Crippen molar-refractivity contribution in [2.24, 2.45) is 5.73 Å². The molecular formula is C14H22N4O4. The maximum atomic E-state index is 11.9. The van der Waals surface area contributed by atoms with Gasteiger partial charge in [-0.05, 0) is 12.8 Å². The van der Waals surface area contributed by atoms with Gasteiger partial charge in [-0.3, -0.25) is 19.3 Å². The summed E-state index contributed by atoms with van der Waals surface area (Å²) >= 11 is 0. The van der Waals surface area contributed by atoms with E-state index in [0.717, 1.165) is 4.90 Å². The molecule has 8 nitrogen and oxygen atoms in total. The maximum Gasteiger partial charge on any atom is 0.335 e. The second kappa shape index (κ2) is 7.17. The third-order valence-electron chi connectivity index (χ3n) is 3.79. The molecule has 22 heavy (non-hydrogen) atoms. The fraction of sp³-hybridized carbons (Fsp3) is 0.571. The van der Waals surface area contributed by atoms with Gasteiger partial charge in [0.15, 0.2) is 0 Å². The zero-order chi connectivity index (χ0) is 16.9. The molecule has 1 rings (SSSR count). The van der Waals surface area contributed by atoms with E-state index in [1.54, 1.807) is 0 Å². The summed E-state index contributed by atoms with van der Waals surface area (Å²) in [7, 11) is 0. The number of amides is 5. The van der Waals surface area contributed by atoms with E-state index in [9.17, 15) is 19.2 Å². The highest BCUT2D eigenvalue weighted by molar-refractivity contribution is 6.45. The molecule has 1 aliphatic rings. The molecule has 1 heterocycles. The Morgan fingerprint density at radius 1 is 1.23 bits per heavy atom. The minimum Gasteiger partial charge on any atom is -0.353 e. The van der Waals surface area contributed by atoms with Crippen LogP contribution in [-0.4, -0.2) is 58.7 Å². The summed E-state index contributed by atoms with van der Waals surface area (Å²) in [5.74, 6) is -2.49. The monoisotopic (exact) mass is 310 g/mol. The number of carbonyl (C=O) groups is 4. The van der Waals surface area contributed by atoms with E-state index < -0.39 is 35.8 Å². The average molecular weight is 310 g/mol. The molecule has 0 saturated carbocycles. The van der Waals surface area contributed by atoms with E-state index in [1.807, 2.05) is 13.8 Å². The van der Waals surface area contributed by atoms with Gasteiger partial charge in [0.25, 0.3) is 0 Å². The molecule has 0 aromatic rings. The molecular weight excluding hydrogens is 288 g/mol. The van der Waals surface area contributed by atoms with Gasteiger partial charge in [-0.15, -0.1) is 6.58 Å². The fourth-order valence-corrected chi connectivity index (χ4v) is 1.95. The number of nitrogens with zero attached hydrogens (tertiary/aromatic N) is 2. The number of nitrogens with one attached hydrogen (secondary N) is 1. The van der Waals surface area contributed by atoms with Crippen molar-refractivity contribution in [1.29, 1.82) is 0 Å². The molecule has 8 heteroatoms. The number of urea groups is 1. The molecule has 1 aliphatic heterocycles. The average Bonchev–Trinajstić information content (AvgIpc) is 2.71. The van der Waals surface area contributed by atoms with Crippen LogP contribution in [0.15, 0.2) is 12.7 Å². The molecule has 0 aromatic carbocycles. The van der Waals surface area contributed by atoms with Crippen molar-refractivity contribution in [2.75, 3.05) is 19.6 Å². The lowest BCUT2D eigenvalue weighted by Crippen LogP contribution is -2.51. The molecule has 0 bridgehead atoms. The minimum absolute atomic E-state index is 0.0703. The van der Waals surface area contributed by atoms with Gasteiger partial charge in [-0.2, -0.15) is 0 Å². The van der Waals surface area contributed by atoms with Gasteiger partial charge in [-0.1, -0.05) is 19.9 Å². The Labute approximate surface area is 129 Å². The van der Waals surface area contributed by atoms with Crippen LogP contribution < -0.4 is 11.1 Å². The lowest BCUT2D eigenvalue weighted by Gasteiger charge is -2.27. The SMILES string of the molecule is C=CCN1C(=O)C(=O)N(CC(=O)NCC(N)(CC)CC)C1=O. The first-order valence-corrected chi connectivity index (χ1v) is 7.13. The van der Waals surface area contributed by atoms with E-state index in [4.69, 9.17) is 5.73 Å². The molecule has 0 aliphatic carbocycles. The largest absolute Gasteiger partial charge is 0.353 e. The van der Waals surface area contributed by atoms with Gasteiger partial charge in [0, 0.05) is 18.6 Å². The van der Waals surface area contributed by atoms with Crippen LogP contribution in [0, 0.1) is 0 Å². The first-order valence-electron chi connectivity index (χ1n) is 7.13. The smallest absolute Gasteiger partial charge is 0.335 e. The van der Waals surface area contributed by atoms with Crippen LogP contribution in [0.3, 0.4) is 0 Å². The Kier molecular flexibility index (Phi) is 5.81. The van der Waals surface area contributed by atoms with Crippen molar-refractivity contribution in [1.82, 2.24) is 15.1 Å². The number of rotatable bonds is 8. The Morgan fingerprint density at radius 3 is 2.27 bits per heavy atom. The highest BCUT2D eigenvalue weighted by Crippen LogP contribution is 2.12. The van der Waals surface area contributed by atoms with Crippen molar-refractivity contribution in [3.05, 3.63) is 12.7 Å². The van der Waals surface area contributed by atoms with Crippen LogP contribution in [0.1, 0.15) is 26.7 Å². The standard InChI is InChI=1S/C14H22N4O4/c1-4-7-17-11(20)12(21)18(13(17)22)8-10(19)16-9-14(15,5-2)6-3/h4H,1,5-9,15H2,2-3H3,(H,16,19). The number of hydrogen-bond acceptors (Lipinski definition) is 5. The third kappa shape index (κ3) is 3.70. The van der Waals surface area contributed by atoms with Gasteiger partial charge in [-0.25, -0.2) is 9.69 Å². The van der Waals surface area contributed by atoms with Crippen molar-refractivity contribution in [3.8, 4) is 0 Å². The number of nitrogens with two attached hydrogens (primary N) is 1. The molecule has 122 valence electrons. The molecule has 1 saturated heterocycles. The normalized spacial score (nSPS) is 15.5. The molecule has 0 spiro atoms. The minimum atomic E-state index is -1.01. The van der Waals surface area contributed by atoms with E-state index in [-0.39, 0.29) is 13.1 Å². The maximum absolute atomic E-state index is 11.9. The summed E-state index contributed by atoms with van der Waals surface area (Å²) in [6.07, 6.45) is 2.69. The van der Waals surface area contributed by atoms with E-state index in [0.29, 0.717) is 17.7 Å². The van der Waals surface area contributed by atoms with Gasteiger partial charge >= 0.3 is 17.8 Å². The van der Waals surface area contributed by atoms with Gasteiger partial charge in [0.1, 0.15) is 6.54 Å². The zero-order valence-corrected chi connectivity index (χ0v) is 12.9. The second-order valence-electron chi connectivity index (χ2n) is 5.22. The Bertz CT molecular complexity index is 499. The predicted octanol–water partition coefficient (Wildman–Crippen LogP) is -0.403.